The lowest BCUT2D eigenvalue weighted by Gasteiger charge is -2.15. The summed E-state index contributed by atoms with van der Waals surface area (Å²) >= 11 is 6.28. The minimum Gasteiger partial charge on any atom is -0.490 e. The highest BCUT2D eigenvalue weighted by Crippen LogP contribution is 2.30. The van der Waals surface area contributed by atoms with Crippen LogP contribution >= 0.6 is 11.6 Å². The third-order valence-corrected chi connectivity index (χ3v) is 3.88. The first-order valence-electron chi connectivity index (χ1n) is 6.92. The molecule has 0 bridgehead atoms. The molecule has 3 rings (SSSR count). The molecule has 1 aliphatic carbocycles. The molecule has 2 N–H and O–H groups in total. The van der Waals surface area contributed by atoms with E-state index in [1.165, 1.54) is 12.8 Å². The Kier molecular flexibility index (Phi) is 3.68. The van der Waals surface area contributed by atoms with E-state index in [0.29, 0.717) is 6.10 Å². The van der Waals surface area contributed by atoms with Gasteiger partial charge in [0.1, 0.15) is 5.75 Å². The van der Waals surface area contributed by atoms with Crippen molar-refractivity contribution >= 4 is 11.6 Å². The third kappa shape index (κ3) is 2.97. The first-order valence-corrected chi connectivity index (χ1v) is 7.29. The molecule has 0 heterocycles. The van der Waals surface area contributed by atoms with E-state index in [0.717, 1.165) is 27.5 Å². The zero-order valence-electron chi connectivity index (χ0n) is 11.5. The maximum atomic E-state index is 6.31. The molecule has 0 radical (unpaired) electrons. The summed E-state index contributed by atoms with van der Waals surface area (Å²) < 4.78 is 5.74. The average Bonchev–Trinajstić information content (AvgIpc) is 3.23. The molecule has 0 spiro atoms. The Morgan fingerprint density at radius 3 is 2.45 bits per heavy atom. The molecule has 0 aromatic heterocycles. The third-order valence-electron chi connectivity index (χ3n) is 3.56. The largest absolute Gasteiger partial charge is 0.490 e. The molecule has 1 atom stereocenters. The summed E-state index contributed by atoms with van der Waals surface area (Å²) in [6, 6.07) is 13.8. The molecule has 2 aromatic rings. The van der Waals surface area contributed by atoms with Crippen molar-refractivity contribution in [3.63, 3.8) is 0 Å². The Balaban J connectivity index is 1.80. The van der Waals surface area contributed by atoms with Crippen molar-refractivity contribution in [1.29, 1.82) is 0 Å². The van der Waals surface area contributed by atoms with Gasteiger partial charge >= 0.3 is 0 Å². The quantitative estimate of drug-likeness (QED) is 0.913. The summed E-state index contributed by atoms with van der Waals surface area (Å²) in [5, 5.41) is 0.718. The van der Waals surface area contributed by atoms with E-state index in [1.54, 1.807) is 0 Å². The summed E-state index contributed by atoms with van der Waals surface area (Å²) in [6.07, 6.45) is 2.75. The SMILES string of the molecule is Cc1ccc(C(N)c2ccc(OC3CC3)cc2)c(Cl)c1. The lowest BCUT2D eigenvalue weighted by molar-refractivity contribution is 0.303. The van der Waals surface area contributed by atoms with E-state index >= 15 is 0 Å². The summed E-state index contributed by atoms with van der Waals surface area (Å²) in [4.78, 5) is 0. The van der Waals surface area contributed by atoms with Crippen LogP contribution < -0.4 is 10.5 Å². The van der Waals surface area contributed by atoms with Gasteiger partial charge in [-0.1, -0.05) is 35.9 Å². The minimum absolute atomic E-state index is 0.210. The van der Waals surface area contributed by atoms with E-state index in [2.05, 4.69) is 0 Å². The molecule has 2 aromatic carbocycles. The van der Waals surface area contributed by atoms with Crippen LogP contribution in [-0.4, -0.2) is 6.10 Å². The minimum atomic E-state index is -0.210. The number of rotatable bonds is 4. The van der Waals surface area contributed by atoms with Crippen LogP contribution in [0.4, 0.5) is 0 Å². The van der Waals surface area contributed by atoms with Crippen molar-refractivity contribution in [3.05, 3.63) is 64.2 Å². The van der Waals surface area contributed by atoms with Crippen molar-refractivity contribution in [2.24, 2.45) is 5.73 Å². The van der Waals surface area contributed by atoms with Crippen LogP contribution in [0.15, 0.2) is 42.5 Å². The molecular formula is C17H18ClNO. The fraction of sp³-hybridized carbons (Fsp3) is 0.294. The molecule has 0 amide bonds. The van der Waals surface area contributed by atoms with Crippen LogP contribution in [-0.2, 0) is 0 Å². The number of nitrogens with two attached hydrogens (primary N) is 1. The van der Waals surface area contributed by atoms with Crippen LogP contribution in [0.3, 0.4) is 0 Å². The number of ether oxygens (including phenoxy) is 1. The number of halogens is 1. The maximum Gasteiger partial charge on any atom is 0.119 e. The van der Waals surface area contributed by atoms with Gasteiger partial charge in [-0.2, -0.15) is 0 Å². The van der Waals surface area contributed by atoms with Gasteiger partial charge in [0, 0.05) is 5.02 Å². The topological polar surface area (TPSA) is 35.2 Å². The second-order valence-corrected chi connectivity index (χ2v) is 5.80. The zero-order chi connectivity index (χ0) is 14.1. The van der Waals surface area contributed by atoms with Crippen molar-refractivity contribution in [2.45, 2.75) is 31.9 Å². The summed E-state index contributed by atoms with van der Waals surface area (Å²) in [5.41, 5.74) is 9.44. The average molecular weight is 288 g/mol. The number of benzene rings is 2. The first-order chi connectivity index (χ1) is 9.63. The van der Waals surface area contributed by atoms with Gasteiger partial charge in [0.15, 0.2) is 0 Å². The monoisotopic (exact) mass is 287 g/mol. The van der Waals surface area contributed by atoms with E-state index in [4.69, 9.17) is 22.1 Å². The van der Waals surface area contributed by atoms with Gasteiger partial charge < -0.3 is 10.5 Å². The summed E-state index contributed by atoms with van der Waals surface area (Å²) in [5.74, 6) is 0.915. The molecule has 0 aliphatic heterocycles. The fourth-order valence-electron chi connectivity index (χ4n) is 2.20. The predicted molar refractivity (Wildman–Crippen MR) is 82.3 cm³/mol. The summed E-state index contributed by atoms with van der Waals surface area (Å²) in [6.45, 7) is 2.02. The number of hydrogen-bond donors (Lipinski definition) is 1. The second-order valence-electron chi connectivity index (χ2n) is 5.39. The van der Waals surface area contributed by atoms with E-state index in [9.17, 15) is 0 Å². The van der Waals surface area contributed by atoms with Crippen molar-refractivity contribution < 1.29 is 4.74 Å². The zero-order valence-corrected chi connectivity index (χ0v) is 12.2. The first kappa shape index (κ1) is 13.5. The normalized spacial score (nSPS) is 15.9. The van der Waals surface area contributed by atoms with Crippen LogP contribution in [0.2, 0.25) is 5.02 Å². The predicted octanol–water partition coefficient (Wildman–Crippen LogP) is 4.24. The Hall–Kier alpha value is -1.51. The van der Waals surface area contributed by atoms with Gasteiger partial charge in [-0.15, -0.1) is 0 Å². The standard InChI is InChI=1S/C17H18ClNO/c1-11-2-9-15(16(18)10-11)17(19)12-3-5-13(6-4-12)20-14-7-8-14/h2-6,9-10,14,17H,7-8,19H2,1H3. The summed E-state index contributed by atoms with van der Waals surface area (Å²) in [7, 11) is 0. The van der Waals surface area contributed by atoms with Crippen LogP contribution in [0, 0.1) is 6.92 Å². The molecule has 1 fully saturated rings. The fourth-order valence-corrected chi connectivity index (χ4v) is 2.55. The Bertz CT molecular complexity index is 605. The van der Waals surface area contributed by atoms with Crippen LogP contribution in [0.25, 0.3) is 0 Å². The highest BCUT2D eigenvalue weighted by atomic mass is 35.5. The lowest BCUT2D eigenvalue weighted by Crippen LogP contribution is -2.12. The molecule has 0 saturated heterocycles. The molecule has 1 aliphatic rings. The lowest BCUT2D eigenvalue weighted by atomic mass is 9.98. The number of hydrogen-bond acceptors (Lipinski definition) is 2. The van der Waals surface area contributed by atoms with Crippen molar-refractivity contribution in [3.8, 4) is 5.75 Å². The Labute approximate surface area is 124 Å². The van der Waals surface area contributed by atoms with E-state index in [1.807, 2.05) is 49.4 Å². The highest BCUT2D eigenvalue weighted by molar-refractivity contribution is 6.31. The smallest absolute Gasteiger partial charge is 0.119 e. The maximum absolute atomic E-state index is 6.31. The van der Waals surface area contributed by atoms with Crippen molar-refractivity contribution in [2.75, 3.05) is 0 Å². The van der Waals surface area contributed by atoms with Crippen LogP contribution in [0.1, 0.15) is 35.6 Å². The molecule has 2 nitrogen and oxygen atoms in total. The molecule has 104 valence electrons. The van der Waals surface area contributed by atoms with Gasteiger partial charge in [-0.25, -0.2) is 0 Å². The van der Waals surface area contributed by atoms with Gasteiger partial charge in [0.05, 0.1) is 12.1 Å². The number of aryl methyl sites for hydroxylation is 1. The van der Waals surface area contributed by atoms with Crippen LogP contribution in [0.5, 0.6) is 5.75 Å². The molecule has 20 heavy (non-hydrogen) atoms. The van der Waals surface area contributed by atoms with Crippen molar-refractivity contribution in [1.82, 2.24) is 0 Å². The van der Waals surface area contributed by atoms with E-state index in [-0.39, 0.29) is 6.04 Å². The molecule has 1 unspecified atom stereocenters. The molecule has 1 saturated carbocycles. The van der Waals surface area contributed by atoms with Gasteiger partial charge in [0.25, 0.3) is 0 Å². The second kappa shape index (κ2) is 5.47. The van der Waals surface area contributed by atoms with Gasteiger partial charge in [-0.3, -0.25) is 0 Å². The Morgan fingerprint density at radius 1 is 1.15 bits per heavy atom. The van der Waals surface area contributed by atoms with E-state index < -0.39 is 0 Å². The van der Waals surface area contributed by atoms with Gasteiger partial charge in [0.2, 0.25) is 0 Å². The van der Waals surface area contributed by atoms with Gasteiger partial charge in [-0.05, 0) is 54.7 Å². The molecule has 3 heteroatoms. The highest BCUT2D eigenvalue weighted by Gasteiger charge is 2.23. The Morgan fingerprint density at radius 2 is 1.85 bits per heavy atom. The molecular weight excluding hydrogens is 270 g/mol.